The minimum atomic E-state index is 0.926. The van der Waals surface area contributed by atoms with E-state index >= 15 is 0 Å². The van der Waals surface area contributed by atoms with Gasteiger partial charge in [-0.15, -0.1) is 0 Å². The predicted molar refractivity (Wildman–Crippen MR) is 298 cm³/mol. The average molecular weight is 889 g/mol. The number of allylic oxidation sites excluding steroid dienone is 12. The molecule has 0 bridgehead atoms. The van der Waals surface area contributed by atoms with Gasteiger partial charge < -0.3 is 9.47 Å². The van der Waals surface area contributed by atoms with Crippen LogP contribution in [0, 0.1) is 0 Å². The lowest BCUT2D eigenvalue weighted by Crippen LogP contribution is -2.10. The van der Waals surface area contributed by atoms with E-state index in [0.717, 1.165) is 49.2 Å². The van der Waals surface area contributed by atoms with Crippen LogP contribution in [-0.2, 0) is 0 Å². The number of aromatic nitrogens is 1. The fourth-order valence-corrected chi connectivity index (χ4v) is 10.2. The maximum Gasteiger partial charge on any atom is 0.0538 e. The van der Waals surface area contributed by atoms with Gasteiger partial charge in [0.15, 0.2) is 0 Å². The summed E-state index contributed by atoms with van der Waals surface area (Å²) in [4.78, 5) is 2.37. The molecule has 0 radical (unpaired) electrons. The lowest BCUT2D eigenvalue weighted by molar-refractivity contribution is 1.04. The Kier molecular flexibility index (Phi) is 12.3. The van der Waals surface area contributed by atoms with Gasteiger partial charge in [0.25, 0.3) is 0 Å². The lowest BCUT2D eigenvalue weighted by Gasteiger charge is -2.26. The summed E-state index contributed by atoms with van der Waals surface area (Å²) < 4.78 is 2.42. The summed E-state index contributed by atoms with van der Waals surface area (Å²) in [5.74, 6) is 0. The van der Waals surface area contributed by atoms with E-state index in [1.807, 2.05) is 0 Å². The first-order valence-electron chi connectivity index (χ1n) is 24.6. The average Bonchev–Trinajstić information content (AvgIpc) is 3.76. The largest absolute Gasteiger partial charge is 0.313 e. The number of hydrogen-bond acceptors (Lipinski definition) is 1. The quantitative estimate of drug-likeness (QED) is 0.111. The van der Waals surface area contributed by atoms with Gasteiger partial charge in [0, 0.05) is 33.5 Å². The van der Waals surface area contributed by atoms with E-state index in [1.165, 1.54) is 94.3 Å². The van der Waals surface area contributed by atoms with Crippen LogP contribution in [0.1, 0.15) is 62.6 Å². The van der Waals surface area contributed by atoms with Crippen molar-refractivity contribution >= 4 is 61.3 Å². The Bertz CT molecular complexity index is 3500. The molecule has 0 amide bonds. The van der Waals surface area contributed by atoms with Crippen molar-refractivity contribution in [2.45, 2.75) is 46.0 Å². The van der Waals surface area contributed by atoms with Gasteiger partial charge in [-0.25, -0.2) is 0 Å². The van der Waals surface area contributed by atoms with E-state index in [0.29, 0.717) is 0 Å². The van der Waals surface area contributed by atoms with E-state index in [9.17, 15) is 0 Å². The molecule has 69 heavy (non-hydrogen) atoms. The van der Waals surface area contributed by atoms with Crippen LogP contribution in [-0.4, -0.2) is 4.57 Å². The van der Waals surface area contributed by atoms with Gasteiger partial charge in [0.1, 0.15) is 0 Å². The second kappa shape index (κ2) is 19.6. The molecule has 0 N–H and O–H groups in total. The summed E-state index contributed by atoms with van der Waals surface area (Å²) in [5, 5.41) is 2.58. The number of benzene rings is 8. The fourth-order valence-electron chi connectivity index (χ4n) is 10.2. The molecular weight excluding hydrogens is 833 g/mol. The summed E-state index contributed by atoms with van der Waals surface area (Å²) in [5.41, 5.74) is 21.9. The van der Waals surface area contributed by atoms with Crippen molar-refractivity contribution in [2.75, 3.05) is 4.90 Å². The van der Waals surface area contributed by atoms with Crippen molar-refractivity contribution in [3.05, 3.63) is 259 Å². The standard InChI is InChI=1S/C67H56N2/c1-3-49(30-29-48(2)68-66-28-14-13-27-64(66)65-47-60(39-44-67(65)68)52-21-11-6-12-22-52)57-23-15-24-58(45-57)55-31-33-56(34-32-55)59-25-16-26-63(46-59)69(61-40-35-53(36-41-61)50-17-7-4-8-18-50)62-42-37-54(38-43-62)51-19-9-5-10-20-51/h4,7-9,11,13-47H,3,5-6,10,12H2,1-2H3/b48-29+,49-30+. The van der Waals surface area contributed by atoms with Crippen LogP contribution >= 0.6 is 0 Å². The Morgan fingerprint density at radius 3 is 1.64 bits per heavy atom. The molecule has 334 valence electrons. The molecule has 0 fully saturated rings. The van der Waals surface area contributed by atoms with Gasteiger partial charge in [-0.1, -0.05) is 183 Å². The SMILES string of the molecule is CC/C(=C\C=C(/C)n1c2ccccc2c2cc(C3=CCCC=C3)ccc21)c1cccc(-c2ccc(-c3cccc(N(c4ccc(C5=CCCC=C5)cc4)c4ccc(-c5ccccc5)cc4)c3)cc2)c1. The summed E-state index contributed by atoms with van der Waals surface area (Å²) >= 11 is 0. The molecule has 0 spiro atoms. The molecule has 0 unspecified atom stereocenters. The van der Waals surface area contributed by atoms with Crippen LogP contribution in [0.25, 0.3) is 77.6 Å². The normalized spacial score (nSPS) is 14.0. The third kappa shape index (κ3) is 9.02. The van der Waals surface area contributed by atoms with Gasteiger partial charge in [0.2, 0.25) is 0 Å². The zero-order valence-corrected chi connectivity index (χ0v) is 39.5. The maximum absolute atomic E-state index is 2.42. The van der Waals surface area contributed by atoms with Crippen molar-refractivity contribution in [1.82, 2.24) is 4.57 Å². The van der Waals surface area contributed by atoms with Crippen molar-refractivity contribution in [3.8, 4) is 33.4 Å². The Hall–Kier alpha value is -8.20. The van der Waals surface area contributed by atoms with E-state index in [2.05, 4.69) is 266 Å². The molecule has 0 atom stereocenters. The second-order valence-electron chi connectivity index (χ2n) is 18.2. The Balaban J connectivity index is 0.868. The van der Waals surface area contributed by atoms with Gasteiger partial charge in [0.05, 0.1) is 11.0 Å². The van der Waals surface area contributed by atoms with Gasteiger partial charge in [-0.2, -0.15) is 0 Å². The van der Waals surface area contributed by atoms with Gasteiger partial charge >= 0.3 is 0 Å². The first-order chi connectivity index (χ1) is 34.1. The summed E-state index contributed by atoms with van der Waals surface area (Å²) in [6, 6.07) is 71.3. The molecule has 0 saturated heterocycles. The number of para-hydroxylation sites is 1. The van der Waals surface area contributed by atoms with Crippen molar-refractivity contribution in [2.24, 2.45) is 0 Å². The Labute approximate surface area is 407 Å². The minimum absolute atomic E-state index is 0.926. The van der Waals surface area contributed by atoms with E-state index in [4.69, 9.17) is 0 Å². The molecule has 2 aliphatic rings. The highest BCUT2D eigenvalue weighted by atomic mass is 15.1. The number of hydrogen-bond donors (Lipinski definition) is 0. The zero-order chi connectivity index (χ0) is 46.5. The number of fused-ring (bicyclic) bond motifs is 3. The van der Waals surface area contributed by atoms with Crippen molar-refractivity contribution < 1.29 is 0 Å². The van der Waals surface area contributed by atoms with E-state index in [-0.39, 0.29) is 0 Å². The van der Waals surface area contributed by atoms with Crippen LogP contribution in [0.5, 0.6) is 0 Å². The highest BCUT2D eigenvalue weighted by molar-refractivity contribution is 6.11. The molecule has 11 rings (SSSR count). The second-order valence-corrected chi connectivity index (χ2v) is 18.2. The smallest absolute Gasteiger partial charge is 0.0538 e. The van der Waals surface area contributed by atoms with Crippen LogP contribution in [0.3, 0.4) is 0 Å². The summed E-state index contributed by atoms with van der Waals surface area (Å²) in [6.45, 7) is 4.49. The number of anilines is 3. The maximum atomic E-state index is 2.42. The van der Waals surface area contributed by atoms with E-state index < -0.39 is 0 Å². The van der Waals surface area contributed by atoms with Crippen LogP contribution in [0.15, 0.2) is 243 Å². The summed E-state index contributed by atoms with van der Waals surface area (Å²) in [7, 11) is 0. The first kappa shape index (κ1) is 43.4. The molecule has 0 aliphatic heterocycles. The van der Waals surface area contributed by atoms with Crippen LogP contribution in [0.2, 0.25) is 0 Å². The molecule has 1 heterocycles. The third-order valence-electron chi connectivity index (χ3n) is 13.8. The van der Waals surface area contributed by atoms with Gasteiger partial charge in [-0.3, -0.25) is 0 Å². The highest BCUT2D eigenvalue weighted by Gasteiger charge is 2.17. The van der Waals surface area contributed by atoms with E-state index in [1.54, 1.807) is 0 Å². The first-order valence-corrected chi connectivity index (χ1v) is 24.6. The molecule has 9 aromatic rings. The topological polar surface area (TPSA) is 8.17 Å². The Morgan fingerprint density at radius 2 is 0.971 bits per heavy atom. The lowest BCUT2D eigenvalue weighted by atomic mass is 9.96. The van der Waals surface area contributed by atoms with Crippen molar-refractivity contribution in [3.63, 3.8) is 0 Å². The molecule has 8 aromatic carbocycles. The van der Waals surface area contributed by atoms with Crippen LogP contribution in [0.4, 0.5) is 17.1 Å². The zero-order valence-electron chi connectivity index (χ0n) is 39.5. The minimum Gasteiger partial charge on any atom is -0.313 e. The molecule has 0 saturated carbocycles. The molecule has 2 heteroatoms. The number of rotatable bonds is 12. The third-order valence-corrected chi connectivity index (χ3v) is 13.8. The van der Waals surface area contributed by atoms with Crippen LogP contribution < -0.4 is 4.90 Å². The molecule has 1 aromatic heterocycles. The molecule has 2 nitrogen and oxygen atoms in total. The van der Waals surface area contributed by atoms with Gasteiger partial charge in [-0.05, 0) is 173 Å². The summed E-state index contributed by atoms with van der Waals surface area (Å²) in [6.07, 6.45) is 23.8. The highest BCUT2D eigenvalue weighted by Crippen LogP contribution is 2.40. The molecule has 2 aliphatic carbocycles. The predicted octanol–water partition coefficient (Wildman–Crippen LogP) is 19.1. The number of nitrogens with zero attached hydrogens (tertiary/aromatic N) is 2. The Morgan fingerprint density at radius 1 is 0.435 bits per heavy atom. The monoisotopic (exact) mass is 888 g/mol. The fraction of sp³-hybridized carbons (Fsp3) is 0.104. The molecular formula is C67H56N2. The van der Waals surface area contributed by atoms with Crippen molar-refractivity contribution in [1.29, 1.82) is 0 Å².